The van der Waals surface area contributed by atoms with E-state index < -0.39 is 29.8 Å². The number of nitrogens with one attached hydrogen (secondary N) is 1. The molecule has 0 bridgehead atoms. The van der Waals surface area contributed by atoms with E-state index in [2.05, 4.69) is 10.4 Å². The molecule has 0 saturated carbocycles. The highest BCUT2D eigenvalue weighted by Gasteiger charge is 2.36. The number of anilines is 1. The number of rotatable bonds is 5. The number of carbonyl (C=O) groups excluding carboxylic acids is 1. The van der Waals surface area contributed by atoms with Gasteiger partial charge in [-0.1, -0.05) is 12.1 Å². The smallest absolute Gasteiger partial charge is 0.419 e. The number of likely N-dealkylation sites (tertiary alicyclic amines) is 1. The van der Waals surface area contributed by atoms with E-state index in [9.17, 15) is 22.8 Å². The zero-order valence-electron chi connectivity index (χ0n) is 14.5. The quantitative estimate of drug-likeness (QED) is 0.807. The monoisotopic (exact) mass is 398 g/mol. The molecule has 0 aliphatic carbocycles. The standard InChI is InChI=1S/C17H17F3N4O4/c18-17(19,20)12-3-1-2-4-13(12)28-11-5-7-23(9-11)16(27)21-14-6-8-24(22-14)10-15(25)26/h1-4,6,8,11H,5,7,9-10H2,(H,25,26)(H,21,22,27)/t11-/m0/s1. The van der Waals surface area contributed by atoms with Crippen LogP contribution in [0.3, 0.4) is 0 Å². The van der Waals surface area contributed by atoms with Crippen molar-refractivity contribution in [1.82, 2.24) is 14.7 Å². The van der Waals surface area contributed by atoms with Gasteiger partial charge in [-0.05, 0) is 12.1 Å². The van der Waals surface area contributed by atoms with Gasteiger partial charge in [0.2, 0.25) is 0 Å². The summed E-state index contributed by atoms with van der Waals surface area (Å²) in [5.74, 6) is -1.16. The predicted octanol–water partition coefficient (Wildman–Crippen LogP) is 2.67. The lowest BCUT2D eigenvalue weighted by molar-refractivity contribution is -0.139. The van der Waals surface area contributed by atoms with Gasteiger partial charge in [0.15, 0.2) is 5.82 Å². The normalized spacial score (nSPS) is 16.8. The van der Waals surface area contributed by atoms with Gasteiger partial charge < -0.3 is 14.7 Å². The number of alkyl halides is 3. The Labute approximate surface area is 157 Å². The number of carboxylic acids is 1. The van der Waals surface area contributed by atoms with Gasteiger partial charge in [-0.15, -0.1) is 0 Å². The first kappa shape index (κ1) is 19.5. The van der Waals surface area contributed by atoms with Crippen molar-refractivity contribution < 1.29 is 32.6 Å². The number of aliphatic carboxylic acids is 1. The molecular weight excluding hydrogens is 381 g/mol. The fraction of sp³-hybridized carbons (Fsp3) is 0.353. The number of carbonyl (C=O) groups is 2. The molecule has 11 heteroatoms. The van der Waals surface area contributed by atoms with Crippen molar-refractivity contribution in [3.05, 3.63) is 42.1 Å². The molecular formula is C17H17F3N4O4. The van der Waals surface area contributed by atoms with Crippen LogP contribution in [0.1, 0.15) is 12.0 Å². The third kappa shape index (κ3) is 4.72. The second kappa shape index (κ2) is 7.79. The van der Waals surface area contributed by atoms with E-state index in [4.69, 9.17) is 9.84 Å². The molecule has 1 aliphatic heterocycles. The Hall–Kier alpha value is -3.24. The second-order valence-corrected chi connectivity index (χ2v) is 6.19. The Balaban J connectivity index is 1.57. The van der Waals surface area contributed by atoms with E-state index in [0.29, 0.717) is 13.0 Å². The van der Waals surface area contributed by atoms with E-state index in [-0.39, 0.29) is 24.7 Å². The van der Waals surface area contributed by atoms with Crippen LogP contribution in [0, 0.1) is 0 Å². The maximum Gasteiger partial charge on any atom is 0.419 e. The number of halogens is 3. The second-order valence-electron chi connectivity index (χ2n) is 6.19. The zero-order valence-corrected chi connectivity index (χ0v) is 14.5. The van der Waals surface area contributed by atoms with E-state index >= 15 is 0 Å². The third-order valence-electron chi connectivity index (χ3n) is 4.09. The minimum Gasteiger partial charge on any atom is -0.488 e. The van der Waals surface area contributed by atoms with Crippen LogP contribution in [0.5, 0.6) is 5.75 Å². The molecule has 150 valence electrons. The maximum absolute atomic E-state index is 13.1. The molecule has 2 amide bonds. The average Bonchev–Trinajstić information content (AvgIpc) is 3.23. The number of hydrogen-bond acceptors (Lipinski definition) is 4. The van der Waals surface area contributed by atoms with Crippen molar-refractivity contribution >= 4 is 17.8 Å². The molecule has 1 fully saturated rings. The Kier molecular flexibility index (Phi) is 5.43. The summed E-state index contributed by atoms with van der Waals surface area (Å²) in [6.45, 7) is 0.0858. The summed E-state index contributed by atoms with van der Waals surface area (Å²) in [7, 11) is 0. The molecule has 28 heavy (non-hydrogen) atoms. The Morgan fingerprint density at radius 3 is 2.75 bits per heavy atom. The molecule has 0 spiro atoms. The van der Waals surface area contributed by atoms with E-state index in [1.807, 2.05) is 0 Å². The molecule has 1 aromatic heterocycles. The summed E-state index contributed by atoms with van der Waals surface area (Å²) in [6, 6.07) is 5.90. The number of para-hydroxylation sites is 1. The van der Waals surface area contributed by atoms with Crippen LogP contribution in [0.15, 0.2) is 36.5 Å². The lowest BCUT2D eigenvalue weighted by Crippen LogP contribution is -2.34. The SMILES string of the molecule is O=C(O)Cn1ccc(NC(=O)N2CC[C@H](Oc3ccccc3C(F)(F)F)C2)n1. The molecule has 2 N–H and O–H groups in total. The summed E-state index contributed by atoms with van der Waals surface area (Å²) < 4.78 is 45.8. The van der Waals surface area contributed by atoms with Gasteiger partial charge in [-0.25, -0.2) is 4.79 Å². The van der Waals surface area contributed by atoms with E-state index in [1.165, 1.54) is 35.4 Å². The van der Waals surface area contributed by atoms with Crippen LogP contribution in [0.25, 0.3) is 0 Å². The highest BCUT2D eigenvalue weighted by Crippen LogP contribution is 2.36. The topological polar surface area (TPSA) is 96.7 Å². The van der Waals surface area contributed by atoms with Crippen LogP contribution in [0.4, 0.5) is 23.8 Å². The molecule has 3 rings (SSSR count). The molecule has 1 aliphatic rings. The van der Waals surface area contributed by atoms with Gasteiger partial charge >= 0.3 is 18.2 Å². The average molecular weight is 398 g/mol. The van der Waals surface area contributed by atoms with E-state index in [0.717, 1.165) is 10.7 Å². The lowest BCUT2D eigenvalue weighted by atomic mass is 10.2. The first-order chi connectivity index (χ1) is 13.2. The van der Waals surface area contributed by atoms with Gasteiger partial charge in [-0.2, -0.15) is 18.3 Å². The van der Waals surface area contributed by atoms with Crippen molar-refractivity contribution in [2.75, 3.05) is 18.4 Å². The van der Waals surface area contributed by atoms with Crippen molar-refractivity contribution in [2.45, 2.75) is 25.2 Å². The number of benzene rings is 1. The number of carboxylic acid groups (broad SMARTS) is 1. The minimum atomic E-state index is -4.53. The van der Waals surface area contributed by atoms with Crippen molar-refractivity contribution in [1.29, 1.82) is 0 Å². The van der Waals surface area contributed by atoms with Gasteiger partial charge in [-0.3, -0.25) is 14.8 Å². The molecule has 8 nitrogen and oxygen atoms in total. The van der Waals surface area contributed by atoms with Gasteiger partial charge in [0.05, 0.1) is 12.1 Å². The summed E-state index contributed by atoms with van der Waals surface area (Å²) in [4.78, 5) is 24.3. The number of amides is 2. The Morgan fingerprint density at radius 2 is 2.04 bits per heavy atom. The number of urea groups is 1. The van der Waals surface area contributed by atoms with Crippen molar-refractivity contribution in [3.63, 3.8) is 0 Å². The molecule has 1 saturated heterocycles. The van der Waals surface area contributed by atoms with Crippen LogP contribution in [-0.2, 0) is 17.5 Å². The van der Waals surface area contributed by atoms with Gasteiger partial charge in [0.25, 0.3) is 0 Å². The molecule has 2 aromatic rings. The third-order valence-corrected chi connectivity index (χ3v) is 4.09. The van der Waals surface area contributed by atoms with Crippen LogP contribution >= 0.6 is 0 Å². The van der Waals surface area contributed by atoms with Gasteiger partial charge in [0.1, 0.15) is 18.4 Å². The maximum atomic E-state index is 13.1. The van der Waals surface area contributed by atoms with E-state index in [1.54, 1.807) is 0 Å². The molecule has 1 aromatic carbocycles. The molecule has 1 atom stereocenters. The first-order valence-electron chi connectivity index (χ1n) is 8.36. The van der Waals surface area contributed by atoms with Crippen molar-refractivity contribution in [3.8, 4) is 5.75 Å². The summed E-state index contributed by atoms with van der Waals surface area (Å²) in [5.41, 5.74) is -0.859. The first-order valence-corrected chi connectivity index (χ1v) is 8.36. The van der Waals surface area contributed by atoms with Gasteiger partial charge in [0, 0.05) is 25.2 Å². The Morgan fingerprint density at radius 1 is 1.29 bits per heavy atom. The summed E-state index contributed by atoms with van der Waals surface area (Å²) in [6.07, 6.45) is -3.30. The number of nitrogens with zero attached hydrogens (tertiary/aromatic N) is 3. The lowest BCUT2D eigenvalue weighted by Gasteiger charge is -2.19. The molecule has 2 heterocycles. The predicted molar refractivity (Wildman–Crippen MR) is 90.9 cm³/mol. The number of ether oxygens (including phenoxy) is 1. The fourth-order valence-corrected chi connectivity index (χ4v) is 2.84. The molecule has 0 radical (unpaired) electrons. The highest BCUT2D eigenvalue weighted by molar-refractivity contribution is 5.88. The fourth-order valence-electron chi connectivity index (χ4n) is 2.84. The number of aromatic nitrogens is 2. The highest BCUT2D eigenvalue weighted by atomic mass is 19.4. The number of hydrogen-bond donors (Lipinski definition) is 2. The van der Waals surface area contributed by atoms with Crippen LogP contribution in [0.2, 0.25) is 0 Å². The molecule has 0 unspecified atom stereocenters. The van der Waals surface area contributed by atoms with Crippen molar-refractivity contribution in [2.24, 2.45) is 0 Å². The summed E-state index contributed by atoms with van der Waals surface area (Å²) >= 11 is 0. The largest absolute Gasteiger partial charge is 0.488 e. The van der Waals surface area contributed by atoms with Crippen LogP contribution < -0.4 is 10.1 Å². The summed E-state index contributed by atoms with van der Waals surface area (Å²) in [5, 5.41) is 15.1. The van der Waals surface area contributed by atoms with Crippen LogP contribution in [-0.4, -0.2) is 51.0 Å². The zero-order chi connectivity index (χ0) is 20.3. The minimum absolute atomic E-state index is 0.119. The Bertz CT molecular complexity index is 868.